The molecule has 0 bridgehead atoms. The van der Waals surface area contributed by atoms with Gasteiger partial charge in [0.15, 0.2) is 5.96 Å². The number of nitrogens with one attached hydrogen (secondary N) is 2. The normalized spacial score (nSPS) is 11.3. The van der Waals surface area contributed by atoms with Gasteiger partial charge in [-0.3, -0.25) is 14.6 Å². The zero-order valence-electron chi connectivity index (χ0n) is 16.0. The van der Waals surface area contributed by atoms with Crippen LogP contribution in [0.1, 0.15) is 12.8 Å². The first kappa shape index (κ1) is 26.4. The second kappa shape index (κ2) is 12.8. The largest absolute Gasteiger partial charge is 0.490 e. The molecule has 1 amide bonds. The van der Waals surface area contributed by atoms with Crippen LogP contribution in [0.15, 0.2) is 28.1 Å². The van der Waals surface area contributed by atoms with Crippen molar-refractivity contribution in [1.82, 2.24) is 9.88 Å². The second-order valence-electron chi connectivity index (χ2n) is 5.67. The molecule has 0 saturated carbocycles. The van der Waals surface area contributed by atoms with E-state index in [0.717, 1.165) is 0 Å². The Balaban J connectivity index is 0.00000103. The van der Waals surface area contributed by atoms with Gasteiger partial charge in [-0.25, -0.2) is 4.79 Å². The second-order valence-corrected chi connectivity index (χ2v) is 5.67. The first-order valence-electron chi connectivity index (χ1n) is 8.39. The van der Waals surface area contributed by atoms with Crippen LogP contribution in [0.2, 0.25) is 0 Å². The smallest absolute Gasteiger partial charge is 0.475 e. The highest BCUT2D eigenvalue weighted by Crippen LogP contribution is 2.13. The molecule has 1 heterocycles. The van der Waals surface area contributed by atoms with Gasteiger partial charge in [-0.05, 0) is 25.0 Å². The number of aldehydes is 1. The number of nitrogens with zero attached hydrogens (tertiary/aromatic N) is 2. The summed E-state index contributed by atoms with van der Waals surface area (Å²) in [4.78, 5) is 47.6. The third-order valence-electron chi connectivity index (χ3n) is 3.32. The number of hydrogen-bond donors (Lipinski definition) is 5. The molecule has 0 unspecified atom stereocenters. The van der Waals surface area contributed by atoms with Crippen LogP contribution >= 0.6 is 0 Å². The molecule has 1 aromatic rings. The van der Waals surface area contributed by atoms with E-state index in [1.54, 1.807) is 19.2 Å². The number of carbonyl (C=O) groups is 3. The molecule has 0 saturated heterocycles. The van der Waals surface area contributed by atoms with Crippen LogP contribution in [0.3, 0.4) is 0 Å². The molecule has 1 rings (SSSR count). The average Bonchev–Trinajstić information content (AvgIpc) is 2.65. The van der Waals surface area contributed by atoms with E-state index < -0.39 is 24.1 Å². The van der Waals surface area contributed by atoms with Gasteiger partial charge in [0.25, 0.3) is 5.56 Å². The molecule has 0 spiro atoms. The third-order valence-corrected chi connectivity index (χ3v) is 3.32. The Morgan fingerprint density at radius 2 is 1.97 bits per heavy atom. The van der Waals surface area contributed by atoms with Crippen molar-refractivity contribution in [2.75, 3.05) is 18.9 Å². The number of aliphatic imine (C=N–C) groups is 1. The maximum atomic E-state index is 12.0. The van der Waals surface area contributed by atoms with E-state index in [0.29, 0.717) is 31.4 Å². The van der Waals surface area contributed by atoms with Gasteiger partial charge in [0.05, 0.1) is 6.04 Å². The lowest BCUT2D eigenvalue weighted by atomic mass is 10.2. The summed E-state index contributed by atoms with van der Waals surface area (Å²) in [6.07, 6.45) is -1.95. The molecule has 168 valence electrons. The summed E-state index contributed by atoms with van der Waals surface area (Å²) in [7, 11) is 1.63. The van der Waals surface area contributed by atoms with Crippen molar-refractivity contribution in [3.05, 3.63) is 28.7 Å². The Kier molecular flexibility index (Phi) is 11.3. The fourth-order valence-corrected chi connectivity index (χ4v) is 1.95. The lowest BCUT2D eigenvalue weighted by Crippen LogP contribution is -2.40. The molecular weight excluding hydrogens is 413 g/mol. The van der Waals surface area contributed by atoms with Crippen LogP contribution < -0.4 is 27.7 Å². The number of carbonyl (C=O) groups excluding carboxylic acids is 2. The topological polar surface area (TPSA) is 182 Å². The average molecular weight is 436 g/mol. The molecule has 0 aliphatic heterocycles. The zero-order valence-corrected chi connectivity index (χ0v) is 16.0. The summed E-state index contributed by atoms with van der Waals surface area (Å²) >= 11 is 0. The van der Waals surface area contributed by atoms with Crippen molar-refractivity contribution in [3.63, 3.8) is 0 Å². The Hall–Kier alpha value is -3.58. The minimum Gasteiger partial charge on any atom is -0.475 e. The minimum absolute atomic E-state index is 0.0134. The zero-order chi connectivity index (χ0) is 23.3. The Morgan fingerprint density at radius 3 is 2.43 bits per heavy atom. The van der Waals surface area contributed by atoms with Crippen molar-refractivity contribution < 1.29 is 32.7 Å². The highest BCUT2D eigenvalue weighted by molar-refractivity contribution is 5.79. The van der Waals surface area contributed by atoms with Gasteiger partial charge in [-0.2, -0.15) is 13.2 Å². The quantitative estimate of drug-likeness (QED) is 0.145. The molecule has 0 fully saturated rings. The van der Waals surface area contributed by atoms with Gasteiger partial charge < -0.3 is 36.6 Å². The van der Waals surface area contributed by atoms with E-state index in [1.165, 1.54) is 10.8 Å². The Bertz CT molecular complexity index is 805. The lowest BCUT2D eigenvalue weighted by molar-refractivity contribution is -0.192. The predicted molar refractivity (Wildman–Crippen MR) is 102 cm³/mol. The van der Waals surface area contributed by atoms with Crippen molar-refractivity contribution in [2.24, 2.45) is 16.5 Å². The van der Waals surface area contributed by atoms with Gasteiger partial charge in [-0.15, -0.1) is 0 Å². The molecule has 0 aliphatic carbocycles. The van der Waals surface area contributed by atoms with E-state index >= 15 is 0 Å². The minimum atomic E-state index is -5.08. The van der Waals surface area contributed by atoms with Crippen LogP contribution in [0.4, 0.5) is 18.9 Å². The van der Waals surface area contributed by atoms with Crippen molar-refractivity contribution in [1.29, 1.82) is 0 Å². The van der Waals surface area contributed by atoms with E-state index in [9.17, 15) is 27.6 Å². The number of carboxylic acid groups (broad SMARTS) is 1. The standard InChI is InChI=1S/C14H22N6O3.C2HF3O2/c1-17-11-5-3-7-20(13(11)23)8-12(22)19-10(9-21)4-2-6-18-14(15)16;3-2(4,5)1(6)7/h3,5,7,9-10,17H,2,4,6,8H2,1H3,(H,19,22)(H4,15,16,18);(H,6,7)/t10-;/m0./s1. The fourth-order valence-electron chi connectivity index (χ4n) is 1.95. The van der Waals surface area contributed by atoms with Crippen LogP contribution in [0.25, 0.3) is 0 Å². The van der Waals surface area contributed by atoms with Crippen molar-refractivity contribution >= 4 is 29.8 Å². The summed E-state index contributed by atoms with van der Waals surface area (Å²) in [5.74, 6) is -3.19. The molecule has 1 aromatic heterocycles. The number of pyridine rings is 1. The predicted octanol–water partition coefficient (Wildman–Crippen LogP) is -0.739. The highest BCUT2D eigenvalue weighted by atomic mass is 19.4. The highest BCUT2D eigenvalue weighted by Gasteiger charge is 2.38. The number of amides is 1. The number of alkyl halides is 3. The fraction of sp³-hybridized carbons (Fsp3) is 0.438. The molecule has 0 aliphatic rings. The molecule has 14 heteroatoms. The SMILES string of the molecule is CNc1cccn(CC(=O)N[C@H](C=O)CCCN=C(N)N)c1=O.O=C(O)C(F)(F)F. The summed E-state index contributed by atoms with van der Waals surface area (Å²) < 4.78 is 33.0. The van der Waals surface area contributed by atoms with Gasteiger partial charge >= 0.3 is 12.1 Å². The number of carboxylic acids is 1. The van der Waals surface area contributed by atoms with E-state index in [1.807, 2.05) is 0 Å². The van der Waals surface area contributed by atoms with Gasteiger partial charge in [0.1, 0.15) is 18.5 Å². The maximum absolute atomic E-state index is 12.0. The van der Waals surface area contributed by atoms with Crippen LogP contribution in [0.5, 0.6) is 0 Å². The molecule has 7 N–H and O–H groups in total. The van der Waals surface area contributed by atoms with Gasteiger partial charge in [0, 0.05) is 19.8 Å². The number of rotatable bonds is 9. The maximum Gasteiger partial charge on any atom is 0.490 e. The Morgan fingerprint density at radius 1 is 1.37 bits per heavy atom. The van der Waals surface area contributed by atoms with E-state index in [4.69, 9.17) is 21.4 Å². The number of nitrogens with two attached hydrogens (primary N) is 2. The van der Waals surface area contributed by atoms with Gasteiger partial charge in [0.2, 0.25) is 5.91 Å². The number of anilines is 1. The number of hydrogen-bond acceptors (Lipinski definition) is 6. The molecule has 11 nitrogen and oxygen atoms in total. The number of aliphatic carboxylic acids is 1. The first-order valence-corrected chi connectivity index (χ1v) is 8.39. The third kappa shape index (κ3) is 10.7. The van der Waals surface area contributed by atoms with Crippen molar-refractivity contribution in [3.8, 4) is 0 Å². The van der Waals surface area contributed by atoms with E-state index in [2.05, 4.69) is 15.6 Å². The summed E-state index contributed by atoms with van der Waals surface area (Å²) in [5, 5.41) is 12.4. The summed E-state index contributed by atoms with van der Waals surface area (Å²) in [5.41, 5.74) is 10.5. The molecule has 0 aromatic carbocycles. The van der Waals surface area contributed by atoms with Crippen molar-refractivity contribution in [2.45, 2.75) is 31.6 Å². The lowest BCUT2D eigenvalue weighted by Gasteiger charge is -2.13. The number of guanidine groups is 1. The summed E-state index contributed by atoms with van der Waals surface area (Å²) in [6, 6.07) is 2.64. The van der Waals surface area contributed by atoms with Crippen LogP contribution in [-0.4, -0.2) is 59.6 Å². The number of halogens is 3. The van der Waals surface area contributed by atoms with Gasteiger partial charge in [-0.1, -0.05) is 0 Å². The molecule has 1 atom stereocenters. The molecule has 30 heavy (non-hydrogen) atoms. The summed E-state index contributed by atoms with van der Waals surface area (Å²) in [6.45, 7) is 0.221. The van der Waals surface area contributed by atoms with Crippen LogP contribution in [-0.2, 0) is 20.9 Å². The molecular formula is C16H23F3N6O5. The van der Waals surface area contributed by atoms with Crippen LogP contribution in [0, 0.1) is 0 Å². The monoisotopic (exact) mass is 436 g/mol. The Labute approximate surface area is 168 Å². The first-order chi connectivity index (χ1) is 13.9. The number of aromatic nitrogens is 1. The molecule has 0 radical (unpaired) electrons. The van der Waals surface area contributed by atoms with E-state index in [-0.39, 0.29) is 18.1 Å².